The van der Waals surface area contributed by atoms with Gasteiger partial charge in [0, 0.05) is 0 Å². The van der Waals surface area contributed by atoms with Gasteiger partial charge in [-0.05, 0) is 12.1 Å². The molecule has 2 nitrogen and oxygen atoms in total. The zero-order valence-corrected chi connectivity index (χ0v) is 6.94. The molecule has 82 valence electrons. The van der Waals surface area contributed by atoms with Crippen molar-refractivity contribution >= 4 is 6.29 Å². The van der Waals surface area contributed by atoms with E-state index in [1.54, 1.807) is 0 Å². The van der Waals surface area contributed by atoms with Crippen molar-refractivity contribution in [1.29, 1.82) is 0 Å². The van der Waals surface area contributed by atoms with Gasteiger partial charge in [0.05, 0.1) is 5.56 Å². The van der Waals surface area contributed by atoms with Crippen LogP contribution in [0.15, 0.2) is 12.1 Å². The fraction of sp³-hybridized carbons (Fsp3) is 0.125. The largest absolute Gasteiger partial charge is 0.573 e. The summed E-state index contributed by atoms with van der Waals surface area (Å²) in [5.41, 5.74) is -1.10. The molecule has 0 atom stereocenters. The van der Waals surface area contributed by atoms with Crippen LogP contribution in [-0.4, -0.2) is 12.6 Å². The summed E-state index contributed by atoms with van der Waals surface area (Å²) in [5.74, 6) is -4.18. The van der Waals surface area contributed by atoms with Crippen LogP contribution in [0.4, 0.5) is 22.0 Å². The highest BCUT2D eigenvalue weighted by molar-refractivity contribution is 5.76. The van der Waals surface area contributed by atoms with Crippen LogP contribution in [0.25, 0.3) is 0 Å². The van der Waals surface area contributed by atoms with Gasteiger partial charge in [-0.15, -0.1) is 13.2 Å². The first-order valence-electron chi connectivity index (χ1n) is 3.54. The van der Waals surface area contributed by atoms with E-state index in [0.29, 0.717) is 12.1 Å². The van der Waals surface area contributed by atoms with Crippen molar-refractivity contribution in [2.75, 3.05) is 0 Å². The molecule has 0 radical (unpaired) electrons. The summed E-state index contributed by atoms with van der Waals surface area (Å²) < 4.78 is 63.9. The topological polar surface area (TPSA) is 26.3 Å². The Labute approximate surface area is 80.3 Å². The molecular formula is C8H3F5O2. The number of hydrogen-bond acceptors (Lipinski definition) is 2. The van der Waals surface area contributed by atoms with Crippen LogP contribution in [0, 0.1) is 11.6 Å². The zero-order valence-electron chi connectivity index (χ0n) is 6.94. The smallest absolute Gasteiger partial charge is 0.403 e. The molecule has 0 saturated carbocycles. The third-order valence-corrected chi connectivity index (χ3v) is 1.43. The van der Waals surface area contributed by atoms with Crippen LogP contribution in [0.1, 0.15) is 10.4 Å². The van der Waals surface area contributed by atoms with Crippen LogP contribution >= 0.6 is 0 Å². The van der Waals surface area contributed by atoms with Crippen LogP contribution in [0.5, 0.6) is 5.75 Å². The summed E-state index contributed by atoms with van der Waals surface area (Å²) in [6.07, 6.45) is -5.33. The van der Waals surface area contributed by atoms with E-state index in [0.717, 1.165) is 0 Å². The average molecular weight is 226 g/mol. The Morgan fingerprint density at radius 3 is 2.27 bits per heavy atom. The van der Waals surface area contributed by atoms with Gasteiger partial charge >= 0.3 is 6.36 Å². The molecule has 0 saturated heterocycles. The van der Waals surface area contributed by atoms with E-state index in [1.165, 1.54) is 0 Å². The van der Waals surface area contributed by atoms with Gasteiger partial charge in [0.25, 0.3) is 0 Å². The third-order valence-electron chi connectivity index (χ3n) is 1.43. The maximum absolute atomic E-state index is 13.0. The van der Waals surface area contributed by atoms with Gasteiger partial charge < -0.3 is 4.74 Å². The SMILES string of the molecule is O=Cc1c(F)ccc(OC(F)(F)F)c1F. The predicted molar refractivity (Wildman–Crippen MR) is 38.4 cm³/mol. The lowest BCUT2D eigenvalue weighted by Gasteiger charge is -2.10. The van der Waals surface area contributed by atoms with Crippen molar-refractivity contribution < 1.29 is 31.5 Å². The highest BCUT2D eigenvalue weighted by Crippen LogP contribution is 2.27. The normalized spacial score (nSPS) is 11.3. The first kappa shape index (κ1) is 11.4. The minimum atomic E-state index is -5.10. The number of ether oxygens (including phenoxy) is 1. The molecule has 0 aliphatic rings. The highest BCUT2D eigenvalue weighted by Gasteiger charge is 2.33. The van der Waals surface area contributed by atoms with Crippen molar-refractivity contribution in [2.24, 2.45) is 0 Å². The fourth-order valence-electron chi connectivity index (χ4n) is 0.861. The maximum atomic E-state index is 13.0. The molecule has 0 aromatic heterocycles. The van der Waals surface area contributed by atoms with Crippen molar-refractivity contribution in [3.63, 3.8) is 0 Å². The van der Waals surface area contributed by atoms with Crippen molar-refractivity contribution in [3.8, 4) is 5.75 Å². The van der Waals surface area contributed by atoms with Gasteiger partial charge in [-0.2, -0.15) is 0 Å². The lowest BCUT2D eigenvalue weighted by Crippen LogP contribution is -2.18. The van der Waals surface area contributed by atoms with Crippen LogP contribution < -0.4 is 4.74 Å². The molecule has 0 unspecified atom stereocenters. The molecule has 0 amide bonds. The molecule has 1 rings (SSSR count). The number of carbonyl (C=O) groups is 1. The molecule has 0 fully saturated rings. The van der Waals surface area contributed by atoms with Crippen LogP contribution in [-0.2, 0) is 0 Å². The summed E-state index contributed by atoms with van der Waals surface area (Å²) in [4.78, 5) is 10.1. The summed E-state index contributed by atoms with van der Waals surface area (Å²) >= 11 is 0. The number of aldehydes is 1. The average Bonchev–Trinajstić information content (AvgIpc) is 2.09. The lowest BCUT2D eigenvalue weighted by molar-refractivity contribution is -0.275. The second-order valence-electron chi connectivity index (χ2n) is 2.44. The minimum absolute atomic E-state index is 0.228. The summed E-state index contributed by atoms with van der Waals surface area (Å²) in [6.45, 7) is 0. The highest BCUT2D eigenvalue weighted by atomic mass is 19.4. The molecule has 1 aromatic rings. The Hall–Kier alpha value is -1.66. The number of hydrogen-bond donors (Lipinski definition) is 0. The van der Waals surface area contributed by atoms with E-state index in [2.05, 4.69) is 4.74 Å². The molecule has 0 N–H and O–H groups in total. The number of alkyl halides is 3. The fourth-order valence-corrected chi connectivity index (χ4v) is 0.861. The Kier molecular flexibility index (Phi) is 2.92. The van der Waals surface area contributed by atoms with E-state index in [-0.39, 0.29) is 6.29 Å². The minimum Gasteiger partial charge on any atom is -0.403 e. The monoisotopic (exact) mass is 226 g/mol. The van der Waals surface area contributed by atoms with E-state index in [4.69, 9.17) is 0 Å². The molecular weight excluding hydrogens is 223 g/mol. The second-order valence-corrected chi connectivity index (χ2v) is 2.44. The molecule has 1 aromatic carbocycles. The molecule has 15 heavy (non-hydrogen) atoms. The van der Waals surface area contributed by atoms with E-state index in [9.17, 15) is 26.7 Å². The van der Waals surface area contributed by atoms with E-state index >= 15 is 0 Å². The molecule has 0 aliphatic carbocycles. The molecule has 0 aliphatic heterocycles. The van der Waals surface area contributed by atoms with E-state index in [1.807, 2.05) is 0 Å². The summed E-state index contributed by atoms with van der Waals surface area (Å²) in [6, 6.07) is 0.957. The second kappa shape index (κ2) is 3.84. The zero-order chi connectivity index (χ0) is 11.6. The molecule has 0 heterocycles. The number of rotatable bonds is 2. The first-order chi connectivity index (χ1) is 6.85. The third kappa shape index (κ3) is 2.64. The molecule has 7 heteroatoms. The van der Waals surface area contributed by atoms with E-state index < -0.39 is 29.3 Å². The maximum Gasteiger partial charge on any atom is 0.573 e. The van der Waals surface area contributed by atoms with Crippen LogP contribution in [0.2, 0.25) is 0 Å². The quantitative estimate of drug-likeness (QED) is 0.572. The van der Waals surface area contributed by atoms with Crippen molar-refractivity contribution in [3.05, 3.63) is 29.3 Å². The number of carbonyl (C=O) groups excluding carboxylic acids is 1. The van der Waals surface area contributed by atoms with Gasteiger partial charge in [-0.1, -0.05) is 0 Å². The number of halogens is 5. The molecule has 0 bridgehead atoms. The number of benzene rings is 1. The first-order valence-corrected chi connectivity index (χ1v) is 3.54. The van der Waals surface area contributed by atoms with Crippen molar-refractivity contribution in [1.82, 2.24) is 0 Å². The Bertz CT molecular complexity index is 385. The van der Waals surface area contributed by atoms with Crippen LogP contribution in [0.3, 0.4) is 0 Å². The predicted octanol–water partition coefficient (Wildman–Crippen LogP) is 2.68. The summed E-state index contributed by atoms with van der Waals surface area (Å²) in [5, 5.41) is 0. The summed E-state index contributed by atoms with van der Waals surface area (Å²) in [7, 11) is 0. The lowest BCUT2D eigenvalue weighted by atomic mass is 10.2. The van der Waals surface area contributed by atoms with Gasteiger partial charge in [0.15, 0.2) is 17.9 Å². The van der Waals surface area contributed by atoms with Gasteiger partial charge in [-0.25, -0.2) is 8.78 Å². The van der Waals surface area contributed by atoms with Gasteiger partial charge in [-0.3, -0.25) is 4.79 Å². The van der Waals surface area contributed by atoms with Gasteiger partial charge in [0.1, 0.15) is 5.82 Å². The Morgan fingerprint density at radius 2 is 1.80 bits per heavy atom. The standard InChI is InChI=1S/C8H3F5O2/c9-5-1-2-6(15-8(11,12)13)7(10)4(5)3-14/h1-3H. The Morgan fingerprint density at radius 1 is 1.20 bits per heavy atom. The van der Waals surface area contributed by atoms with Crippen molar-refractivity contribution in [2.45, 2.75) is 6.36 Å². The molecule has 0 spiro atoms. The Balaban J connectivity index is 3.16. The van der Waals surface area contributed by atoms with Gasteiger partial charge in [0.2, 0.25) is 0 Å².